The molecule has 1 rings (SSSR count). The van der Waals surface area contributed by atoms with Gasteiger partial charge in [0.15, 0.2) is 0 Å². The van der Waals surface area contributed by atoms with Gasteiger partial charge in [-0.3, -0.25) is 0 Å². The molecule has 0 saturated heterocycles. The molecule has 0 aromatic carbocycles. The first-order valence-electron chi connectivity index (χ1n) is 4.00. The van der Waals surface area contributed by atoms with Gasteiger partial charge < -0.3 is 5.32 Å². The van der Waals surface area contributed by atoms with E-state index in [1.54, 1.807) is 0 Å². The fraction of sp³-hybridized carbons (Fsp3) is 1.00. The maximum absolute atomic E-state index is 3.32. The largest absolute Gasteiger partial charge is 0.317 e. The van der Waals surface area contributed by atoms with E-state index in [2.05, 4.69) is 19.3 Å². The van der Waals surface area contributed by atoms with E-state index in [1.807, 2.05) is 0 Å². The molecule has 0 aromatic rings. The van der Waals surface area contributed by atoms with Crippen LogP contribution < -0.4 is 5.32 Å². The number of hydrogen-bond acceptors (Lipinski definition) is 1. The van der Waals surface area contributed by atoms with E-state index in [9.17, 15) is 0 Å². The molecule has 1 fully saturated rings. The van der Waals surface area contributed by atoms with Crippen molar-refractivity contribution < 1.29 is 0 Å². The monoisotopic (exact) mass is 127 g/mol. The van der Waals surface area contributed by atoms with Crippen LogP contribution in [0, 0.1) is 5.92 Å². The Labute approximate surface area is 57.8 Å². The fourth-order valence-electron chi connectivity index (χ4n) is 1.55. The maximum atomic E-state index is 3.32. The zero-order valence-corrected chi connectivity index (χ0v) is 6.48. The van der Waals surface area contributed by atoms with E-state index >= 15 is 0 Å². The first kappa shape index (κ1) is 7.07. The number of nitrogens with one attached hydrogen (secondary N) is 1. The third-order valence-corrected chi connectivity index (χ3v) is 2.42. The van der Waals surface area contributed by atoms with Gasteiger partial charge in [-0.2, -0.15) is 0 Å². The average molecular weight is 127 g/mol. The van der Waals surface area contributed by atoms with Crippen LogP contribution in [0.2, 0.25) is 0 Å². The Hall–Kier alpha value is -0.0400. The molecule has 0 amide bonds. The summed E-state index contributed by atoms with van der Waals surface area (Å²) in [5, 5.41) is 3.32. The van der Waals surface area contributed by atoms with E-state index < -0.39 is 0 Å². The molecule has 9 heavy (non-hydrogen) atoms. The fourth-order valence-corrected chi connectivity index (χ4v) is 1.55. The highest BCUT2D eigenvalue weighted by molar-refractivity contribution is 4.73. The Morgan fingerprint density at radius 1 is 1.11 bits per heavy atom. The van der Waals surface area contributed by atoms with Crippen molar-refractivity contribution in [3.63, 3.8) is 0 Å². The normalized spacial score (nSPS) is 36.7. The van der Waals surface area contributed by atoms with Crippen LogP contribution in [0.1, 0.15) is 32.6 Å². The van der Waals surface area contributed by atoms with Gasteiger partial charge in [0.2, 0.25) is 0 Å². The molecule has 1 saturated carbocycles. The van der Waals surface area contributed by atoms with Crippen LogP contribution in [0.4, 0.5) is 0 Å². The molecule has 1 nitrogen and oxygen atoms in total. The molecule has 1 aliphatic carbocycles. The standard InChI is InChI=1S/C8H17N/c1-7-3-5-8(9-2)6-4-7/h7-9H,3-6H2,1-2H3/t7-,8-. The van der Waals surface area contributed by atoms with Crippen molar-refractivity contribution in [1.29, 1.82) is 0 Å². The lowest BCUT2D eigenvalue weighted by molar-refractivity contribution is 0.319. The summed E-state index contributed by atoms with van der Waals surface area (Å²) in [6, 6.07) is 0.821. The third-order valence-electron chi connectivity index (χ3n) is 2.42. The molecule has 0 radical (unpaired) electrons. The molecule has 54 valence electrons. The summed E-state index contributed by atoms with van der Waals surface area (Å²) in [6.07, 6.45) is 5.62. The minimum Gasteiger partial charge on any atom is -0.317 e. The molecule has 0 atom stereocenters. The lowest BCUT2D eigenvalue weighted by Crippen LogP contribution is -2.29. The molecule has 0 aromatic heterocycles. The van der Waals surface area contributed by atoms with Crippen LogP contribution in [-0.2, 0) is 0 Å². The highest BCUT2D eigenvalue weighted by Crippen LogP contribution is 2.22. The Morgan fingerprint density at radius 3 is 2.11 bits per heavy atom. The highest BCUT2D eigenvalue weighted by atomic mass is 14.9. The summed E-state index contributed by atoms with van der Waals surface area (Å²) in [6.45, 7) is 2.35. The molecule has 1 N–H and O–H groups in total. The van der Waals surface area contributed by atoms with Gasteiger partial charge in [-0.1, -0.05) is 6.92 Å². The molecule has 0 spiro atoms. The van der Waals surface area contributed by atoms with Gasteiger partial charge in [0.25, 0.3) is 0 Å². The molecule has 0 bridgehead atoms. The molecule has 0 aliphatic heterocycles. The Balaban J connectivity index is 2.18. The Bertz CT molecular complexity index is 72.6. The first-order chi connectivity index (χ1) is 4.33. The SMILES string of the molecule is CN[C@H]1CC[C@H](C)CC1. The summed E-state index contributed by atoms with van der Waals surface area (Å²) in [5.74, 6) is 0.981. The van der Waals surface area contributed by atoms with Crippen LogP contribution >= 0.6 is 0 Å². The van der Waals surface area contributed by atoms with E-state index in [0.29, 0.717) is 0 Å². The van der Waals surface area contributed by atoms with Gasteiger partial charge in [0.1, 0.15) is 0 Å². The van der Waals surface area contributed by atoms with E-state index in [4.69, 9.17) is 0 Å². The summed E-state index contributed by atoms with van der Waals surface area (Å²) in [7, 11) is 2.07. The minimum absolute atomic E-state index is 0.821. The zero-order chi connectivity index (χ0) is 6.69. The average Bonchev–Trinajstić information content (AvgIpc) is 1.90. The molecule has 1 heteroatoms. The van der Waals surface area contributed by atoms with E-state index in [1.165, 1.54) is 25.7 Å². The van der Waals surface area contributed by atoms with Gasteiger partial charge >= 0.3 is 0 Å². The van der Waals surface area contributed by atoms with Crippen molar-refractivity contribution in [3.8, 4) is 0 Å². The third kappa shape index (κ3) is 1.98. The van der Waals surface area contributed by atoms with Gasteiger partial charge in [-0.05, 0) is 38.6 Å². The van der Waals surface area contributed by atoms with Crippen molar-refractivity contribution in [2.45, 2.75) is 38.6 Å². The predicted molar refractivity (Wildman–Crippen MR) is 40.5 cm³/mol. The van der Waals surface area contributed by atoms with E-state index in [-0.39, 0.29) is 0 Å². The number of rotatable bonds is 1. The molecule has 0 heterocycles. The smallest absolute Gasteiger partial charge is 0.00642 e. The lowest BCUT2D eigenvalue weighted by Gasteiger charge is -2.25. The Kier molecular flexibility index (Phi) is 2.52. The predicted octanol–water partition coefficient (Wildman–Crippen LogP) is 1.78. The van der Waals surface area contributed by atoms with Crippen molar-refractivity contribution in [1.82, 2.24) is 5.32 Å². The van der Waals surface area contributed by atoms with Crippen LogP contribution in [-0.4, -0.2) is 13.1 Å². The quantitative estimate of drug-likeness (QED) is 0.566. The van der Waals surface area contributed by atoms with Crippen LogP contribution in [0.25, 0.3) is 0 Å². The summed E-state index contributed by atoms with van der Waals surface area (Å²) in [4.78, 5) is 0. The molecule has 0 unspecified atom stereocenters. The van der Waals surface area contributed by atoms with Crippen LogP contribution in [0.3, 0.4) is 0 Å². The first-order valence-corrected chi connectivity index (χ1v) is 4.00. The summed E-state index contributed by atoms with van der Waals surface area (Å²) >= 11 is 0. The summed E-state index contributed by atoms with van der Waals surface area (Å²) < 4.78 is 0. The Morgan fingerprint density at radius 2 is 1.67 bits per heavy atom. The van der Waals surface area contributed by atoms with Crippen molar-refractivity contribution in [3.05, 3.63) is 0 Å². The summed E-state index contributed by atoms with van der Waals surface area (Å²) in [5.41, 5.74) is 0. The van der Waals surface area contributed by atoms with E-state index in [0.717, 1.165) is 12.0 Å². The number of hydrogen-bond donors (Lipinski definition) is 1. The maximum Gasteiger partial charge on any atom is 0.00642 e. The molecular weight excluding hydrogens is 110 g/mol. The molecular formula is C8H17N. The second kappa shape index (κ2) is 3.21. The van der Waals surface area contributed by atoms with Crippen molar-refractivity contribution in [2.75, 3.05) is 7.05 Å². The second-order valence-electron chi connectivity index (χ2n) is 3.25. The zero-order valence-electron chi connectivity index (χ0n) is 6.48. The topological polar surface area (TPSA) is 12.0 Å². The van der Waals surface area contributed by atoms with Crippen molar-refractivity contribution >= 4 is 0 Å². The van der Waals surface area contributed by atoms with Gasteiger partial charge in [0, 0.05) is 6.04 Å². The van der Waals surface area contributed by atoms with Gasteiger partial charge in [0.05, 0.1) is 0 Å². The lowest BCUT2D eigenvalue weighted by atomic mass is 9.87. The van der Waals surface area contributed by atoms with Crippen molar-refractivity contribution in [2.24, 2.45) is 5.92 Å². The van der Waals surface area contributed by atoms with Crippen LogP contribution in [0.15, 0.2) is 0 Å². The van der Waals surface area contributed by atoms with Crippen LogP contribution in [0.5, 0.6) is 0 Å². The van der Waals surface area contributed by atoms with Gasteiger partial charge in [-0.25, -0.2) is 0 Å². The minimum atomic E-state index is 0.821. The molecule has 1 aliphatic rings. The highest BCUT2D eigenvalue weighted by Gasteiger charge is 2.15. The van der Waals surface area contributed by atoms with Gasteiger partial charge in [-0.15, -0.1) is 0 Å². The second-order valence-corrected chi connectivity index (χ2v) is 3.25.